The number of hydrogen-bond donors (Lipinski definition) is 1. The maximum absolute atomic E-state index is 12.4. The van der Waals surface area contributed by atoms with E-state index in [1.54, 1.807) is 17.0 Å². The van der Waals surface area contributed by atoms with Crippen LogP contribution in [0.3, 0.4) is 0 Å². The third-order valence-electron chi connectivity index (χ3n) is 5.10. The van der Waals surface area contributed by atoms with Gasteiger partial charge in [0.05, 0.1) is 5.92 Å². The second-order valence-electron chi connectivity index (χ2n) is 6.95. The van der Waals surface area contributed by atoms with Crippen LogP contribution in [-0.2, 0) is 9.59 Å². The zero-order valence-electron chi connectivity index (χ0n) is 14.4. The highest BCUT2D eigenvalue weighted by Gasteiger charge is 2.35. The number of ether oxygens (including phenoxy) is 2. The Morgan fingerprint density at radius 1 is 1.32 bits per heavy atom. The molecule has 1 atom stereocenters. The summed E-state index contributed by atoms with van der Waals surface area (Å²) in [5, 5.41) is 2.97. The minimum atomic E-state index is -0.302. The first-order valence-electron chi connectivity index (χ1n) is 8.80. The molecule has 1 N–H and O–H groups in total. The predicted molar refractivity (Wildman–Crippen MR) is 91.7 cm³/mol. The Morgan fingerprint density at radius 2 is 2.12 bits per heavy atom. The SMILES string of the molecule is CN(CCNC(=O)[C@H]1CC(=O)N(c2ccc3c(c2)OCO3)C1)C1CC1. The van der Waals surface area contributed by atoms with Crippen molar-refractivity contribution in [2.24, 2.45) is 5.92 Å². The lowest BCUT2D eigenvalue weighted by Gasteiger charge is -2.18. The van der Waals surface area contributed by atoms with Crippen LogP contribution in [-0.4, -0.2) is 56.2 Å². The highest BCUT2D eigenvalue weighted by atomic mass is 16.7. The van der Waals surface area contributed by atoms with E-state index in [1.165, 1.54) is 12.8 Å². The van der Waals surface area contributed by atoms with Crippen LogP contribution in [0.2, 0.25) is 0 Å². The molecule has 3 aliphatic rings. The normalized spacial score (nSPS) is 21.9. The molecular weight excluding hydrogens is 322 g/mol. The maximum Gasteiger partial charge on any atom is 0.231 e. The first-order valence-corrected chi connectivity index (χ1v) is 8.80. The molecule has 2 heterocycles. The van der Waals surface area contributed by atoms with Gasteiger partial charge in [-0.3, -0.25) is 9.59 Å². The molecule has 0 aromatic heterocycles. The van der Waals surface area contributed by atoms with E-state index in [2.05, 4.69) is 17.3 Å². The van der Waals surface area contributed by atoms with E-state index in [4.69, 9.17) is 9.47 Å². The molecule has 2 fully saturated rings. The Balaban J connectivity index is 1.32. The molecule has 1 aliphatic carbocycles. The number of nitrogens with zero attached hydrogens (tertiary/aromatic N) is 2. The summed E-state index contributed by atoms with van der Waals surface area (Å²) >= 11 is 0. The number of anilines is 1. The number of rotatable bonds is 6. The summed E-state index contributed by atoms with van der Waals surface area (Å²) in [6, 6.07) is 6.11. The average Bonchev–Trinajstić information content (AvgIpc) is 3.23. The molecule has 2 amide bonds. The Kier molecular flexibility index (Phi) is 4.25. The molecule has 1 aromatic rings. The maximum atomic E-state index is 12.4. The van der Waals surface area contributed by atoms with Gasteiger partial charge in [0.2, 0.25) is 18.6 Å². The second-order valence-corrected chi connectivity index (χ2v) is 6.95. The van der Waals surface area contributed by atoms with E-state index >= 15 is 0 Å². The zero-order chi connectivity index (χ0) is 17.4. The topological polar surface area (TPSA) is 71.1 Å². The van der Waals surface area contributed by atoms with Gasteiger partial charge in [-0.1, -0.05) is 0 Å². The third-order valence-corrected chi connectivity index (χ3v) is 5.10. The molecule has 1 saturated heterocycles. The summed E-state index contributed by atoms with van der Waals surface area (Å²) in [6.07, 6.45) is 2.76. The predicted octanol–water partition coefficient (Wildman–Crippen LogP) is 0.979. The minimum absolute atomic E-state index is 0.0332. The van der Waals surface area contributed by atoms with E-state index in [0.717, 1.165) is 12.2 Å². The fourth-order valence-electron chi connectivity index (χ4n) is 3.38. The van der Waals surface area contributed by atoms with E-state index in [1.807, 2.05) is 6.07 Å². The first-order chi connectivity index (χ1) is 12.1. The van der Waals surface area contributed by atoms with Gasteiger partial charge in [0.1, 0.15) is 0 Å². The minimum Gasteiger partial charge on any atom is -0.454 e. The number of likely N-dealkylation sites (N-methyl/N-ethyl adjacent to an activating group) is 1. The van der Waals surface area contributed by atoms with Crippen LogP contribution in [0, 0.1) is 5.92 Å². The van der Waals surface area contributed by atoms with Crippen molar-refractivity contribution in [3.05, 3.63) is 18.2 Å². The standard InChI is InChI=1S/C18H23N3O4/c1-20(13-2-3-13)7-6-19-18(23)12-8-17(22)21(10-12)14-4-5-15-16(9-14)25-11-24-15/h4-5,9,12-13H,2-3,6-8,10-11H2,1H3,(H,19,23)/t12-/m0/s1. The molecule has 0 unspecified atom stereocenters. The summed E-state index contributed by atoms with van der Waals surface area (Å²) in [4.78, 5) is 28.6. The van der Waals surface area contributed by atoms with Crippen LogP contribution in [0.1, 0.15) is 19.3 Å². The van der Waals surface area contributed by atoms with Gasteiger partial charge < -0.3 is 24.6 Å². The van der Waals surface area contributed by atoms with Gasteiger partial charge in [-0.2, -0.15) is 0 Å². The summed E-state index contributed by atoms with van der Waals surface area (Å²) in [7, 11) is 2.09. The number of fused-ring (bicyclic) bond motifs is 1. The lowest BCUT2D eigenvalue weighted by Crippen LogP contribution is -2.38. The Labute approximate surface area is 146 Å². The molecular formula is C18H23N3O4. The molecule has 7 nitrogen and oxygen atoms in total. The molecule has 0 radical (unpaired) electrons. The zero-order valence-corrected chi connectivity index (χ0v) is 14.4. The number of carbonyl (C=O) groups is 2. The van der Waals surface area contributed by atoms with Crippen molar-refractivity contribution in [3.63, 3.8) is 0 Å². The molecule has 25 heavy (non-hydrogen) atoms. The number of hydrogen-bond acceptors (Lipinski definition) is 5. The van der Waals surface area contributed by atoms with Crippen molar-refractivity contribution in [3.8, 4) is 11.5 Å². The molecule has 0 bridgehead atoms. The van der Waals surface area contributed by atoms with Crippen LogP contribution in [0.15, 0.2) is 18.2 Å². The molecule has 2 aliphatic heterocycles. The molecule has 134 valence electrons. The number of nitrogens with one attached hydrogen (secondary N) is 1. The molecule has 4 rings (SSSR count). The average molecular weight is 345 g/mol. The second kappa shape index (κ2) is 6.55. The van der Waals surface area contributed by atoms with Gasteiger partial charge in [0.25, 0.3) is 0 Å². The Morgan fingerprint density at radius 3 is 2.92 bits per heavy atom. The number of benzene rings is 1. The summed E-state index contributed by atoms with van der Waals surface area (Å²) in [5.74, 6) is 0.949. The lowest BCUT2D eigenvalue weighted by molar-refractivity contribution is -0.126. The molecule has 0 spiro atoms. The Hall–Kier alpha value is -2.28. The van der Waals surface area contributed by atoms with Crippen LogP contribution in [0.4, 0.5) is 5.69 Å². The highest BCUT2D eigenvalue weighted by Crippen LogP contribution is 2.37. The van der Waals surface area contributed by atoms with Gasteiger partial charge in [-0.15, -0.1) is 0 Å². The van der Waals surface area contributed by atoms with E-state index in [0.29, 0.717) is 30.6 Å². The molecule has 1 aromatic carbocycles. The fraction of sp³-hybridized carbons (Fsp3) is 0.556. The van der Waals surface area contributed by atoms with E-state index in [-0.39, 0.29) is 30.9 Å². The van der Waals surface area contributed by atoms with Crippen molar-refractivity contribution in [1.82, 2.24) is 10.2 Å². The van der Waals surface area contributed by atoms with Crippen molar-refractivity contribution in [2.45, 2.75) is 25.3 Å². The summed E-state index contributed by atoms with van der Waals surface area (Å²) < 4.78 is 10.7. The number of carbonyl (C=O) groups excluding carboxylic acids is 2. The van der Waals surface area contributed by atoms with Crippen molar-refractivity contribution < 1.29 is 19.1 Å². The molecule has 7 heteroatoms. The largest absolute Gasteiger partial charge is 0.454 e. The fourth-order valence-corrected chi connectivity index (χ4v) is 3.38. The van der Waals surface area contributed by atoms with Crippen molar-refractivity contribution in [1.29, 1.82) is 0 Å². The number of amides is 2. The molecule has 1 saturated carbocycles. The Bertz CT molecular complexity index is 689. The summed E-state index contributed by atoms with van der Waals surface area (Å²) in [6.45, 7) is 2.08. The van der Waals surface area contributed by atoms with E-state index < -0.39 is 0 Å². The van der Waals surface area contributed by atoms with Crippen LogP contribution < -0.4 is 19.7 Å². The van der Waals surface area contributed by atoms with Gasteiger partial charge in [0, 0.05) is 43.9 Å². The van der Waals surface area contributed by atoms with E-state index in [9.17, 15) is 9.59 Å². The van der Waals surface area contributed by atoms with Gasteiger partial charge in [0.15, 0.2) is 11.5 Å². The smallest absolute Gasteiger partial charge is 0.231 e. The summed E-state index contributed by atoms with van der Waals surface area (Å²) in [5.41, 5.74) is 0.748. The van der Waals surface area contributed by atoms with Crippen molar-refractivity contribution in [2.75, 3.05) is 38.4 Å². The monoisotopic (exact) mass is 345 g/mol. The highest BCUT2D eigenvalue weighted by molar-refractivity contribution is 6.00. The first kappa shape index (κ1) is 16.2. The lowest BCUT2D eigenvalue weighted by atomic mass is 10.1. The van der Waals surface area contributed by atoms with Gasteiger partial charge >= 0.3 is 0 Å². The van der Waals surface area contributed by atoms with Gasteiger partial charge in [-0.05, 0) is 32.0 Å². The van der Waals surface area contributed by atoms with Crippen LogP contribution >= 0.6 is 0 Å². The van der Waals surface area contributed by atoms with Crippen LogP contribution in [0.5, 0.6) is 11.5 Å². The van der Waals surface area contributed by atoms with Crippen LogP contribution in [0.25, 0.3) is 0 Å². The quantitative estimate of drug-likeness (QED) is 0.832. The van der Waals surface area contributed by atoms with Crippen molar-refractivity contribution >= 4 is 17.5 Å². The van der Waals surface area contributed by atoms with Gasteiger partial charge in [-0.25, -0.2) is 0 Å². The third kappa shape index (κ3) is 3.42.